The fourth-order valence-corrected chi connectivity index (χ4v) is 3.73. The van der Waals surface area contributed by atoms with Crippen molar-refractivity contribution in [3.63, 3.8) is 0 Å². The van der Waals surface area contributed by atoms with Gasteiger partial charge < -0.3 is 4.90 Å². The number of nitrogens with zero attached hydrogens (tertiary/aromatic N) is 1. The minimum Gasteiger partial charge on any atom is -0.331 e. The van der Waals surface area contributed by atoms with Crippen LogP contribution in [-0.2, 0) is 16.4 Å². The van der Waals surface area contributed by atoms with Crippen LogP contribution >= 0.6 is 23.2 Å². The second-order valence-electron chi connectivity index (χ2n) is 6.28. The third kappa shape index (κ3) is 4.03. The third-order valence-electron chi connectivity index (χ3n) is 4.24. The summed E-state index contributed by atoms with van der Waals surface area (Å²) in [5, 5.41) is 0.382. The van der Waals surface area contributed by atoms with Crippen LogP contribution < -0.4 is 0 Å². The van der Waals surface area contributed by atoms with E-state index in [-0.39, 0.29) is 38.7 Å². The molecule has 0 atom stereocenters. The number of carbonyl (C=O) groups is 1. The van der Waals surface area contributed by atoms with Gasteiger partial charge in [-0.3, -0.25) is 4.79 Å². The number of benzene rings is 2. The Morgan fingerprint density at radius 3 is 2.46 bits per heavy atom. The average Bonchev–Trinajstić information content (AvgIpc) is 3.38. The molecule has 1 fully saturated rings. The Morgan fingerprint density at radius 1 is 1.19 bits per heavy atom. The first-order valence-electron chi connectivity index (χ1n) is 7.92. The van der Waals surface area contributed by atoms with E-state index >= 15 is 0 Å². The van der Waals surface area contributed by atoms with E-state index in [9.17, 15) is 17.6 Å². The molecule has 0 N–H and O–H groups in total. The number of carbonyl (C=O) groups excluding carboxylic acids is 1. The van der Waals surface area contributed by atoms with E-state index in [0.29, 0.717) is 0 Å². The van der Waals surface area contributed by atoms with Crippen LogP contribution in [0.1, 0.15) is 28.8 Å². The topological polar surface area (TPSA) is 54.5 Å². The molecule has 4 nitrogen and oxygen atoms in total. The summed E-state index contributed by atoms with van der Waals surface area (Å²) in [5.41, 5.74) is 0.304. The predicted molar refractivity (Wildman–Crippen MR) is 98.9 cm³/mol. The molecule has 0 aliphatic heterocycles. The Labute approximate surface area is 161 Å². The summed E-state index contributed by atoms with van der Waals surface area (Å²) in [6, 6.07) is 8.29. The summed E-state index contributed by atoms with van der Waals surface area (Å²) in [7, 11) is -3.49. The normalized spacial score (nSPS) is 14.3. The lowest BCUT2D eigenvalue weighted by Crippen LogP contribution is -2.33. The smallest absolute Gasteiger partial charge is 0.255 e. The van der Waals surface area contributed by atoms with Crippen molar-refractivity contribution in [3.05, 3.63) is 63.4 Å². The second-order valence-corrected chi connectivity index (χ2v) is 9.11. The van der Waals surface area contributed by atoms with Gasteiger partial charge in [-0.25, -0.2) is 12.8 Å². The lowest BCUT2D eigenvalue weighted by Gasteiger charge is -2.24. The van der Waals surface area contributed by atoms with E-state index in [0.717, 1.165) is 19.1 Å². The highest BCUT2D eigenvalue weighted by molar-refractivity contribution is 7.90. The summed E-state index contributed by atoms with van der Waals surface area (Å²) in [6.45, 7) is -0.00552. The Balaban J connectivity index is 1.98. The Bertz CT molecular complexity index is 954. The molecule has 138 valence electrons. The summed E-state index contributed by atoms with van der Waals surface area (Å²) in [5.74, 6) is -0.936. The third-order valence-corrected chi connectivity index (χ3v) is 6.03. The highest BCUT2D eigenvalue weighted by atomic mass is 35.5. The predicted octanol–water partition coefficient (Wildman–Crippen LogP) is 4.34. The van der Waals surface area contributed by atoms with Gasteiger partial charge in [0.15, 0.2) is 9.84 Å². The molecule has 8 heteroatoms. The van der Waals surface area contributed by atoms with Crippen LogP contribution in [0.5, 0.6) is 0 Å². The number of halogens is 3. The van der Waals surface area contributed by atoms with Gasteiger partial charge in [0.05, 0.1) is 22.0 Å². The van der Waals surface area contributed by atoms with Gasteiger partial charge in [0.1, 0.15) is 5.82 Å². The Hall–Kier alpha value is -1.63. The molecule has 0 saturated heterocycles. The van der Waals surface area contributed by atoms with Gasteiger partial charge in [0.2, 0.25) is 0 Å². The van der Waals surface area contributed by atoms with Gasteiger partial charge in [-0.05, 0) is 43.2 Å². The molecule has 1 saturated carbocycles. The molecular formula is C18H16Cl2FNO3S. The van der Waals surface area contributed by atoms with Crippen molar-refractivity contribution in [2.45, 2.75) is 30.3 Å². The van der Waals surface area contributed by atoms with Crippen molar-refractivity contribution in [2.24, 2.45) is 0 Å². The maximum atomic E-state index is 14.1. The van der Waals surface area contributed by atoms with Crippen LogP contribution in [-0.4, -0.2) is 31.5 Å². The van der Waals surface area contributed by atoms with Gasteiger partial charge in [-0.15, -0.1) is 0 Å². The molecular weight excluding hydrogens is 400 g/mol. The van der Waals surface area contributed by atoms with Crippen molar-refractivity contribution in [2.75, 3.05) is 6.26 Å². The second kappa shape index (κ2) is 7.18. The van der Waals surface area contributed by atoms with E-state index < -0.39 is 21.6 Å². The summed E-state index contributed by atoms with van der Waals surface area (Å²) in [6.07, 6.45) is 2.64. The van der Waals surface area contributed by atoms with Crippen LogP contribution in [0.15, 0.2) is 41.3 Å². The number of sulfone groups is 1. The zero-order valence-electron chi connectivity index (χ0n) is 13.9. The molecule has 1 amide bonds. The van der Waals surface area contributed by atoms with Crippen LogP contribution in [0.25, 0.3) is 0 Å². The lowest BCUT2D eigenvalue weighted by atomic mass is 10.1. The van der Waals surface area contributed by atoms with E-state index in [1.165, 1.54) is 35.2 Å². The molecule has 1 aliphatic rings. The average molecular weight is 416 g/mol. The molecule has 0 aromatic heterocycles. The fraction of sp³-hybridized carbons (Fsp3) is 0.278. The zero-order chi connectivity index (χ0) is 19.1. The molecule has 1 aliphatic carbocycles. The molecule has 0 unspecified atom stereocenters. The maximum Gasteiger partial charge on any atom is 0.255 e. The van der Waals surface area contributed by atoms with Gasteiger partial charge in [0, 0.05) is 22.9 Å². The van der Waals surface area contributed by atoms with Crippen LogP contribution in [0.3, 0.4) is 0 Å². The largest absolute Gasteiger partial charge is 0.331 e. The zero-order valence-corrected chi connectivity index (χ0v) is 16.2. The standard InChI is InChI=1S/C18H16Cl2FNO3S/c1-26(24,25)12-7-8-16(20)13(9-12)18(23)22(11-5-6-11)10-14-15(19)3-2-4-17(14)21/h2-4,7-9,11H,5-6,10H2,1H3. The molecule has 0 heterocycles. The quantitative estimate of drug-likeness (QED) is 0.729. The number of hydrogen-bond acceptors (Lipinski definition) is 3. The minimum absolute atomic E-state index is 0.00456. The lowest BCUT2D eigenvalue weighted by molar-refractivity contribution is 0.0728. The van der Waals surface area contributed by atoms with E-state index in [1.54, 1.807) is 6.07 Å². The van der Waals surface area contributed by atoms with Gasteiger partial charge >= 0.3 is 0 Å². The van der Waals surface area contributed by atoms with Gasteiger partial charge in [-0.2, -0.15) is 0 Å². The van der Waals surface area contributed by atoms with E-state index in [2.05, 4.69) is 0 Å². The monoisotopic (exact) mass is 415 g/mol. The van der Waals surface area contributed by atoms with Crippen LogP contribution in [0, 0.1) is 5.82 Å². The first-order valence-corrected chi connectivity index (χ1v) is 10.6. The number of amides is 1. The molecule has 0 radical (unpaired) electrons. The SMILES string of the molecule is CS(=O)(=O)c1ccc(Cl)c(C(=O)N(Cc2c(F)cccc2Cl)C2CC2)c1. The molecule has 2 aromatic rings. The van der Waals surface area contributed by atoms with Crippen LogP contribution in [0.4, 0.5) is 4.39 Å². The van der Waals surface area contributed by atoms with Crippen molar-refractivity contribution in [1.82, 2.24) is 4.90 Å². The van der Waals surface area contributed by atoms with Crippen molar-refractivity contribution < 1.29 is 17.6 Å². The number of hydrogen-bond donors (Lipinski definition) is 0. The van der Waals surface area contributed by atoms with Crippen LogP contribution in [0.2, 0.25) is 10.0 Å². The molecule has 2 aromatic carbocycles. The summed E-state index contributed by atoms with van der Waals surface area (Å²) < 4.78 is 37.7. The van der Waals surface area contributed by atoms with E-state index in [4.69, 9.17) is 23.2 Å². The molecule has 3 rings (SSSR count). The van der Waals surface area contributed by atoms with Gasteiger partial charge in [-0.1, -0.05) is 29.3 Å². The Kier molecular flexibility index (Phi) is 5.28. The maximum absolute atomic E-state index is 14.1. The molecule has 26 heavy (non-hydrogen) atoms. The summed E-state index contributed by atoms with van der Waals surface area (Å²) >= 11 is 12.2. The first-order chi connectivity index (χ1) is 12.2. The van der Waals surface area contributed by atoms with E-state index in [1.807, 2.05) is 0 Å². The molecule has 0 spiro atoms. The molecule has 0 bridgehead atoms. The summed E-state index contributed by atoms with van der Waals surface area (Å²) in [4.78, 5) is 14.5. The fourth-order valence-electron chi connectivity index (χ4n) is 2.66. The minimum atomic E-state index is -3.49. The first kappa shape index (κ1) is 19.1. The van der Waals surface area contributed by atoms with Crippen molar-refractivity contribution >= 4 is 38.9 Å². The number of rotatable bonds is 5. The van der Waals surface area contributed by atoms with Crippen molar-refractivity contribution in [1.29, 1.82) is 0 Å². The highest BCUT2D eigenvalue weighted by Crippen LogP contribution is 2.33. The van der Waals surface area contributed by atoms with Gasteiger partial charge in [0.25, 0.3) is 5.91 Å². The Morgan fingerprint density at radius 2 is 1.88 bits per heavy atom. The van der Waals surface area contributed by atoms with Crippen molar-refractivity contribution in [3.8, 4) is 0 Å². The highest BCUT2D eigenvalue weighted by Gasteiger charge is 2.35.